The van der Waals surface area contributed by atoms with Crippen LogP contribution in [0.5, 0.6) is 5.75 Å². The molecule has 0 bridgehead atoms. The highest BCUT2D eigenvalue weighted by atomic mass is 16.5. The minimum atomic E-state index is -0.0484. The summed E-state index contributed by atoms with van der Waals surface area (Å²) in [5.41, 5.74) is 4.71. The van der Waals surface area contributed by atoms with E-state index in [9.17, 15) is 5.11 Å². The summed E-state index contributed by atoms with van der Waals surface area (Å²) in [5.74, 6) is 0.798. The van der Waals surface area contributed by atoms with Crippen molar-refractivity contribution in [3.63, 3.8) is 0 Å². The Morgan fingerprint density at radius 2 is 1.73 bits per heavy atom. The Bertz CT molecular complexity index is 759. The van der Waals surface area contributed by atoms with Crippen LogP contribution in [0.3, 0.4) is 0 Å². The molecule has 1 heterocycles. The summed E-state index contributed by atoms with van der Waals surface area (Å²) < 4.78 is 6.97. The molecule has 112 valence electrons. The highest BCUT2D eigenvalue weighted by molar-refractivity contribution is 5.64. The van der Waals surface area contributed by atoms with Crippen molar-refractivity contribution >= 4 is 0 Å². The van der Waals surface area contributed by atoms with Gasteiger partial charge in [-0.05, 0) is 43.3 Å². The van der Waals surface area contributed by atoms with Gasteiger partial charge in [0.05, 0.1) is 25.1 Å². The number of methoxy groups -OCH3 is 1. The van der Waals surface area contributed by atoms with Gasteiger partial charge in [0.25, 0.3) is 0 Å². The third kappa shape index (κ3) is 2.73. The van der Waals surface area contributed by atoms with Gasteiger partial charge >= 0.3 is 0 Å². The van der Waals surface area contributed by atoms with Crippen molar-refractivity contribution in [3.05, 3.63) is 65.9 Å². The number of hydrogen-bond acceptors (Lipinski definition) is 3. The van der Waals surface area contributed by atoms with Gasteiger partial charge in [-0.2, -0.15) is 5.10 Å². The van der Waals surface area contributed by atoms with Crippen LogP contribution in [0.4, 0.5) is 0 Å². The zero-order valence-electron chi connectivity index (χ0n) is 12.7. The lowest BCUT2D eigenvalue weighted by Crippen LogP contribution is -1.94. The number of ether oxygens (including phenoxy) is 1. The molecule has 0 atom stereocenters. The molecule has 22 heavy (non-hydrogen) atoms. The normalized spacial score (nSPS) is 10.7. The molecule has 0 unspecified atom stereocenters. The number of rotatable bonds is 4. The molecule has 0 aliphatic carbocycles. The Morgan fingerprint density at radius 3 is 2.32 bits per heavy atom. The van der Waals surface area contributed by atoms with Crippen LogP contribution in [0.25, 0.3) is 16.9 Å². The Kier molecular flexibility index (Phi) is 3.94. The average molecular weight is 294 g/mol. The molecule has 0 saturated carbocycles. The Labute approximate surface area is 129 Å². The Balaban J connectivity index is 2.02. The van der Waals surface area contributed by atoms with Crippen molar-refractivity contribution in [1.82, 2.24) is 9.78 Å². The molecule has 4 nitrogen and oxygen atoms in total. The third-order valence-corrected chi connectivity index (χ3v) is 3.62. The van der Waals surface area contributed by atoms with Gasteiger partial charge in [-0.15, -0.1) is 0 Å². The van der Waals surface area contributed by atoms with E-state index in [1.807, 2.05) is 54.7 Å². The molecule has 1 aromatic heterocycles. The van der Waals surface area contributed by atoms with E-state index in [4.69, 9.17) is 4.74 Å². The summed E-state index contributed by atoms with van der Waals surface area (Å²) in [5, 5.41) is 14.2. The van der Waals surface area contributed by atoms with E-state index in [1.165, 1.54) is 5.56 Å². The van der Waals surface area contributed by atoms with Gasteiger partial charge in [0.1, 0.15) is 5.75 Å². The van der Waals surface area contributed by atoms with Gasteiger partial charge < -0.3 is 9.84 Å². The number of benzene rings is 2. The molecular formula is C18H18N2O2. The summed E-state index contributed by atoms with van der Waals surface area (Å²) in [4.78, 5) is 0. The minimum absolute atomic E-state index is 0.0484. The minimum Gasteiger partial charge on any atom is -0.497 e. The molecule has 0 radical (unpaired) electrons. The van der Waals surface area contributed by atoms with Crippen molar-refractivity contribution in [2.24, 2.45) is 0 Å². The van der Waals surface area contributed by atoms with Crippen LogP contribution in [0, 0.1) is 6.92 Å². The molecule has 0 spiro atoms. The number of nitrogens with zero attached hydrogens (tertiary/aromatic N) is 2. The third-order valence-electron chi connectivity index (χ3n) is 3.62. The Morgan fingerprint density at radius 1 is 1.05 bits per heavy atom. The lowest BCUT2D eigenvalue weighted by atomic mass is 10.1. The summed E-state index contributed by atoms with van der Waals surface area (Å²) in [7, 11) is 1.64. The maximum Gasteiger partial charge on any atom is 0.118 e. The molecule has 1 N–H and O–H groups in total. The molecule has 0 amide bonds. The van der Waals surface area contributed by atoms with Gasteiger partial charge in [-0.25, -0.2) is 4.68 Å². The second kappa shape index (κ2) is 6.03. The molecule has 3 aromatic rings. The second-order valence-electron chi connectivity index (χ2n) is 5.17. The van der Waals surface area contributed by atoms with E-state index in [0.29, 0.717) is 0 Å². The lowest BCUT2D eigenvalue weighted by molar-refractivity contribution is 0.282. The predicted octanol–water partition coefficient (Wildman–Crippen LogP) is 3.35. The summed E-state index contributed by atoms with van der Waals surface area (Å²) >= 11 is 0. The van der Waals surface area contributed by atoms with E-state index in [1.54, 1.807) is 11.8 Å². The zero-order chi connectivity index (χ0) is 15.5. The molecule has 2 aromatic carbocycles. The largest absolute Gasteiger partial charge is 0.497 e. The van der Waals surface area contributed by atoms with Crippen LogP contribution >= 0.6 is 0 Å². The predicted molar refractivity (Wildman–Crippen MR) is 86.2 cm³/mol. The second-order valence-corrected chi connectivity index (χ2v) is 5.17. The van der Waals surface area contributed by atoms with Gasteiger partial charge in [-0.3, -0.25) is 0 Å². The molecule has 0 fully saturated rings. The standard InChI is InChI=1S/C18H18N2O2/c1-13-3-7-16(8-4-13)20-11-15(12-21)18(19-20)14-5-9-17(22-2)10-6-14/h3-11,21H,12H2,1-2H3. The monoisotopic (exact) mass is 294 g/mol. The van der Waals surface area contributed by atoms with Crippen LogP contribution in [0.15, 0.2) is 54.7 Å². The fraction of sp³-hybridized carbons (Fsp3) is 0.167. The molecule has 0 aliphatic heterocycles. The van der Waals surface area contributed by atoms with Gasteiger partial charge in [0, 0.05) is 17.3 Å². The lowest BCUT2D eigenvalue weighted by Gasteiger charge is -2.03. The topological polar surface area (TPSA) is 47.3 Å². The number of aliphatic hydroxyl groups excluding tert-OH is 1. The van der Waals surface area contributed by atoms with Crippen molar-refractivity contribution in [3.8, 4) is 22.7 Å². The first-order valence-electron chi connectivity index (χ1n) is 7.12. The van der Waals surface area contributed by atoms with Crippen molar-refractivity contribution in [1.29, 1.82) is 0 Å². The van der Waals surface area contributed by atoms with Crippen molar-refractivity contribution < 1.29 is 9.84 Å². The van der Waals surface area contributed by atoms with E-state index < -0.39 is 0 Å². The van der Waals surface area contributed by atoms with Gasteiger partial charge in [-0.1, -0.05) is 17.7 Å². The first kappa shape index (κ1) is 14.4. The van der Waals surface area contributed by atoms with Crippen LogP contribution in [-0.2, 0) is 6.61 Å². The van der Waals surface area contributed by atoms with Crippen LogP contribution in [-0.4, -0.2) is 22.0 Å². The van der Waals surface area contributed by atoms with E-state index in [-0.39, 0.29) is 6.61 Å². The SMILES string of the molecule is COc1ccc(-c2nn(-c3ccc(C)cc3)cc2CO)cc1. The summed E-state index contributed by atoms with van der Waals surface area (Å²) in [6, 6.07) is 15.8. The first-order valence-corrected chi connectivity index (χ1v) is 7.12. The summed E-state index contributed by atoms with van der Waals surface area (Å²) in [6.07, 6.45) is 1.87. The van der Waals surface area contributed by atoms with E-state index in [0.717, 1.165) is 28.3 Å². The zero-order valence-corrected chi connectivity index (χ0v) is 12.7. The molecule has 4 heteroatoms. The number of hydrogen-bond donors (Lipinski definition) is 1. The fourth-order valence-electron chi connectivity index (χ4n) is 2.35. The molecular weight excluding hydrogens is 276 g/mol. The maximum absolute atomic E-state index is 9.61. The van der Waals surface area contributed by atoms with Crippen LogP contribution < -0.4 is 4.74 Å². The smallest absolute Gasteiger partial charge is 0.118 e. The number of aromatic nitrogens is 2. The summed E-state index contributed by atoms with van der Waals surface area (Å²) in [6.45, 7) is 2.00. The molecule has 3 rings (SSSR count). The Hall–Kier alpha value is -2.59. The van der Waals surface area contributed by atoms with E-state index >= 15 is 0 Å². The van der Waals surface area contributed by atoms with Crippen molar-refractivity contribution in [2.45, 2.75) is 13.5 Å². The van der Waals surface area contributed by atoms with Crippen LogP contribution in [0.1, 0.15) is 11.1 Å². The van der Waals surface area contributed by atoms with Crippen LogP contribution in [0.2, 0.25) is 0 Å². The quantitative estimate of drug-likeness (QED) is 0.802. The highest BCUT2D eigenvalue weighted by Crippen LogP contribution is 2.25. The maximum atomic E-state index is 9.61. The molecule has 0 saturated heterocycles. The first-order chi connectivity index (χ1) is 10.7. The van der Waals surface area contributed by atoms with Gasteiger partial charge in [0.15, 0.2) is 0 Å². The number of aryl methyl sites for hydroxylation is 1. The highest BCUT2D eigenvalue weighted by Gasteiger charge is 2.11. The average Bonchev–Trinajstić information content (AvgIpc) is 3.00. The van der Waals surface area contributed by atoms with Crippen molar-refractivity contribution in [2.75, 3.05) is 7.11 Å². The van der Waals surface area contributed by atoms with Gasteiger partial charge in [0.2, 0.25) is 0 Å². The fourth-order valence-corrected chi connectivity index (χ4v) is 2.35. The number of aliphatic hydroxyl groups is 1. The van der Waals surface area contributed by atoms with E-state index in [2.05, 4.69) is 12.0 Å². The molecule has 0 aliphatic rings.